The van der Waals surface area contributed by atoms with E-state index in [-0.39, 0.29) is 24.3 Å². The molecule has 0 atom stereocenters. The second-order valence-corrected chi connectivity index (χ2v) is 8.14. The fourth-order valence-corrected chi connectivity index (χ4v) is 3.52. The number of hydrogen-bond acceptors (Lipinski definition) is 5. The number of hydrogen-bond donors (Lipinski definition) is 3. The number of nitrogens with one attached hydrogen (secondary N) is 3. The van der Waals surface area contributed by atoms with Gasteiger partial charge in [0.25, 0.3) is 0 Å². The van der Waals surface area contributed by atoms with Gasteiger partial charge in [-0.25, -0.2) is 4.98 Å². The van der Waals surface area contributed by atoms with Crippen molar-refractivity contribution in [1.29, 1.82) is 0 Å². The van der Waals surface area contributed by atoms with Crippen molar-refractivity contribution in [3.05, 3.63) is 58.9 Å². The summed E-state index contributed by atoms with van der Waals surface area (Å²) in [5.74, 6) is 0.123. The van der Waals surface area contributed by atoms with Gasteiger partial charge in [0.2, 0.25) is 11.8 Å². The maximum Gasteiger partial charge on any atom is 0.243 e. The van der Waals surface area contributed by atoms with E-state index in [2.05, 4.69) is 20.9 Å². The molecule has 1 heterocycles. The minimum atomic E-state index is -0.136. The maximum atomic E-state index is 12.3. The molecule has 1 saturated carbocycles. The zero-order valence-electron chi connectivity index (χ0n) is 16.1. The molecule has 0 unspecified atom stereocenters. The average molecular weight is 407 g/mol. The van der Waals surface area contributed by atoms with Crippen molar-refractivity contribution in [3.8, 4) is 11.3 Å². The summed E-state index contributed by atoms with van der Waals surface area (Å²) >= 11 is 1.60. The molecule has 6 nitrogen and oxygen atoms in total. The van der Waals surface area contributed by atoms with Crippen LogP contribution in [-0.4, -0.2) is 23.3 Å². The van der Waals surface area contributed by atoms with E-state index in [0.717, 1.165) is 46.2 Å². The van der Waals surface area contributed by atoms with Crippen LogP contribution in [-0.2, 0) is 9.59 Å². The lowest BCUT2D eigenvalue weighted by Gasteiger charge is -2.10. The predicted molar refractivity (Wildman–Crippen MR) is 117 cm³/mol. The van der Waals surface area contributed by atoms with Crippen molar-refractivity contribution >= 4 is 40.2 Å². The monoisotopic (exact) mass is 406 g/mol. The molecule has 2 aromatic carbocycles. The largest absolute Gasteiger partial charge is 0.376 e. The molecular formula is C22H22N4O2S. The maximum absolute atomic E-state index is 12.3. The molecule has 1 aliphatic carbocycles. The van der Waals surface area contributed by atoms with Gasteiger partial charge < -0.3 is 16.0 Å². The van der Waals surface area contributed by atoms with Crippen molar-refractivity contribution in [3.63, 3.8) is 0 Å². The van der Waals surface area contributed by atoms with Gasteiger partial charge in [-0.3, -0.25) is 9.59 Å². The number of anilines is 3. The Morgan fingerprint density at radius 3 is 2.48 bits per heavy atom. The average Bonchev–Trinajstić information content (AvgIpc) is 3.49. The summed E-state index contributed by atoms with van der Waals surface area (Å²) in [7, 11) is 0. The summed E-state index contributed by atoms with van der Waals surface area (Å²) in [6, 6.07) is 15.0. The van der Waals surface area contributed by atoms with Gasteiger partial charge in [0, 0.05) is 33.9 Å². The normalized spacial score (nSPS) is 13.0. The molecule has 3 aromatic rings. The number of aryl methyl sites for hydroxylation is 1. The number of carbonyl (C=O) groups excluding carboxylic acids is 2. The zero-order chi connectivity index (χ0) is 20.2. The van der Waals surface area contributed by atoms with Crippen molar-refractivity contribution in [1.82, 2.24) is 4.98 Å². The van der Waals surface area contributed by atoms with E-state index < -0.39 is 0 Å². The number of carbonyl (C=O) groups is 2. The summed E-state index contributed by atoms with van der Waals surface area (Å²) in [6.45, 7) is 2.12. The Labute approximate surface area is 173 Å². The molecule has 29 heavy (non-hydrogen) atoms. The number of amides is 2. The summed E-state index contributed by atoms with van der Waals surface area (Å²) in [5, 5.41) is 11.9. The van der Waals surface area contributed by atoms with E-state index in [4.69, 9.17) is 0 Å². The summed E-state index contributed by atoms with van der Waals surface area (Å²) in [4.78, 5) is 28.6. The molecule has 148 valence electrons. The van der Waals surface area contributed by atoms with E-state index in [1.54, 1.807) is 11.3 Å². The number of benzene rings is 2. The Balaban J connectivity index is 1.29. The van der Waals surface area contributed by atoms with Crippen molar-refractivity contribution in [2.75, 3.05) is 22.5 Å². The fraction of sp³-hybridized carbons (Fsp3) is 0.227. The molecule has 4 rings (SSSR count). The molecule has 1 fully saturated rings. The van der Waals surface area contributed by atoms with Crippen LogP contribution >= 0.6 is 11.3 Å². The number of aromatic nitrogens is 1. The van der Waals surface area contributed by atoms with Crippen molar-refractivity contribution in [2.45, 2.75) is 19.8 Å². The summed E-state index contributed by atoms with van der Waals surface area (Å²) < 4.78 is 0. The van der Waals surface area contributed by atoms with Gasteiger partial charge in [0.15, 0.2) is 0 Å². The highest BCUT2D eigenvalue weighted by atomic mass is 32.1. The van der Waals surface area contributed by atoms with E-state index in [1.165, 1.54) is 0 Å². The highest BCUT2D eigenvalue weighted by Crippen LogP contribution is 2.30. The second-order valence-electron chi connectivity index (χ2n) is 7.08. The van der Waals surface area contributed by atoms with Gasteiger partial charge in [-0.15, -0.1) is 11.3 Å². The third-order valence-corrected chi connectivity index (χ3v) is 5.39. The first-order chi connectivity index (χ1) is 14.1. The van der Waals surface area contributed by atoms with E-state index in [9.17, 15) is 9.59 Å². The molecule has 1 aliphatic rings. The van der Waals surface area contributed by atoms with Crippen LogP contribution in [0.2, 0.25) is 0 Å². The van der Waals surface area contributed by atoms with Gasteiger partial charge in [-0.2, -0.15) is 0 Å². The summed E-state index contributed by atoms with van der Waals surface area (Å²) in [5.41, 5.74) is 4.21. The van der Waals surface area contributed by atoms with Gasteiger partial charge in [-0.05, 0) is 56.2 Å². The standard InChI is InChI=1S/C22H22N4O2S/c1-14-24-20(13-29-14)16-3-2-4-19(11-16)25-21(27)12-23-17-7-9-18(10-8-17)26-22(28)15-5-6-15/h2-4,7-11,13,15,23H,5-6,12H2,1H3,(H,25,27)(H,26,28). The minimum absolute atomic E-state index is 0.0835. The van der Waals surface area contributed by atoms with Crippen molar-refractivity contribution < 1.29 is 9.59 Å². The third kappa shape index (κ3) is 5.20. The second kappa shape index (κ2) is 8.45. The molecule has 1 aromatic heterocycles. The lowest BCUT2D eigenvalue weighted by atomic mass is 10.1. The predicted octanol–water partition coefficient (Wildman–Crippen LogP) is 4.52. The highest BCUT2D eigenvalue weighted by Gasteiger charge is 2.29. The molecular weight excluding hydrogens is 384 g/mol. The summed E-state index contributed by atoms with van der Waals surface area (Å²) in [6.07, 6.45) is 1.96. The molecule has 2 amide bonds. The topological polar surface area (TPSA) is 83.1 Å². The zero-order valence-corrected chi connectivity index (χ0v) is 16.9. The molecule has 0 saturated heterocycles. The molecule has 3 N–H and O–H groups in total. The Morgan fingerprint density at radius 2 is 1.79 bits per heavy atom. The molecule has 7 heteroatoms. The highest BCUT2D eigenvalue weighted by molar-refractivity contribution is 7.09. The van der Waals surface area contributed by atoms with Gasteiger partial charge in [-0.1, -0.05) is 12.1 Å². The van der Waals surface area contributed by atoms with Crippen LogP contribution < -0.4 is 16.0 Å². The fourth-order valence-electron chi connectivity index (χ4n) is 2.90. The van der Waals surface area contributed by atoms with Crippen LogP contribution in [0.1, 0.15) is 17.8 Å². The van der Waals surface area contributed by atoms with E-state index >= 15 is 0 Å². The first-order valence-electron chi connectivity index (χ1n) is 9.54. The lowest BCUT2D eigenvalue weighted by molar-refractivity contribution is -0.117. The van der Waals surface area contributed by atoms with E-state index in [1.807, 2.05) is 60.8 Å². The minimum Gasteiger partial charge on any atom is -0.376 e. The van der Waals surface area contributed by atoms with Gasteiger partial charge in [0.1, 0.15) is 0 Å². The van der Waals surface area contributed by atoms with Crippen LogP contribution in [0.25, 0.3) is 11.3 Å². The molecule has 0 spiro atoms. The number of thiazole rings is 1. The Bertz CT molecular complexity index is 1030. The lowest BCUT2D eigenvalue weighted by Crippen LogP contribution is -2.21. The smallest absolute Gasteiger partial charge is 0.243 e. The van der Waals surface area contributed by atoms with Crippen LogP contribution in [0, 0.1) is 12.8 Å². The van der Waals surface area contributed by atoms with E-state index in [0.29, 0.717) is 0 Å². The van der Waals surface area contributed by atoms with Crippen LogP contribution in [0.5, 0.6) is 0 Å². The number of rotatable bonds is 7. The van der Waals surface area contributed by atoms with Crippen LogP contribution in [0.4, 0.5) is 17.1 Å². The first kappa shape index (κ1) is 19.1. The number of nitrogens with zero attached hydrogens (tertiary/aromatic N) is 1. The Hall–Kier alpha value is -3.19. The molecule has 0 bridgehead atoms. The molecule has 0 radical (unpaired) electrons. The van der Waals surface area contributed by atoms with Crippen LogP contribution in [0.15, 0.2) is 53.9 Å². The van der Waals surface area contributed by atoms with Gasteiger partial charge >= 0.3 is 0 Å². The van der Waals surface area contributed by atoms with Gasteiger partial charge in [0.05, 0.1) is 17.2 Å². The quantitative estimate of drug-likeness (QED) is 0.539. The van der Waals surface area contributed by atoms with Crippen LogP contribution in [0.3, 0.4) is 0 Å². The first-order valence-corrected chi connectivity index (χ1v) is 10.4. The third-order valence-electron chi connectivity index (χ3n) is 4.61. The SMILES string of the molecule is Cc1nc(-c2cccc(NC(=O)CNc3ccc(NC(=O)C4CC4)cc3)c2)cs1. The Kier molecular flexibility index (Phi) is 5.57. The Morgan fingerprint density at radius 1 is 1.03 bits per heavy atom. The van der Waals surface area contributed by atoms with Crippen molar-refractivity contribution in [2.24, 2.45) is 5.92 Å². The molecule has 0 aliphatic heterocycles.